The molecule has 102 valence electrons. The van der Waals surface area contributed by atoms with Gasteiger partial charge in [0.25, 0.3) is 5.91 Å². The fourth-order valence-corrected chi connectivity index (χ4v) is 2.63. The molecule has 1 heterocycles. The van der Waals surface area contributed by atoms with E-state index in [2.05, 4.69) is 21.4 Å². The summed E-state index contributed by atoms with van der Waals surface area (Å²) in [6.45, 7) is 3.91. The fourth-order valence-electron chi connectivity index (χ4n) is 2.36. The summed E-state index contributed by atoms with van der Waals surface area (Å²) in [5.74, 6) is -0.276. The highest BCUT2D eigenvalue weighted by Gasteiger charge is 2.49. The molecule has 1 saturated heterocycles. The Morgan fingerprint density at radius 3 is 2.26 bits per heavy atom. The van der Waals surface area contributed by atoms with E-state index in [0.717, 1.165) is 15.2 Å². The summed E-state index contributed by atoms with van der Waals surface area (Å²) in [7, 11) is 0. The SMILES string of the molecule is CCC1(CC)CC(=O)N(Nc2ccc(Br)cc2)C1=O. The molecule has 2 amide bonds. The van der Waals surface area contributed by atoms with Crippen molar-refractivity contribution in [1.29, 1.82) is 0 Å². The van der Waals surface area contributed by atoms with Crippen LogP contribution in [0.25, 0.3) is 0 Å². The summed E-state index contributed by atoms with van der Waals surface area (Å²) < 4.78 is 0.952. The third-order valence-corrected chi connectivity index (χ3v) is 4.36. The van der Waals surface area contributed by atoms with Crippen LogP contribution in [-0.4, -0.2) is 16.8 Å². The van der Waals surface area contributed by atoms with E-state index in [4.69, 9.17) is 0 Å². The third-order valence-electron chi connectivity index (χ3n) is 3.83. The van der Waals surface area contributed by atoms with Crippen LogP contribution in [0.15, 0.2) is 28.7 Å². The predicted molar refractivity (Wildman–Crippen MR) is 77.2 cm³/mol. The van der Waals surface area contributed by atoms with Gasteiger partial charge in [0.1, 0.15) is 0 Å². The standard InChI is InChI=1S/C14H17BrN2O2/c1-3-14(4-2)9-12(18)17(13(14)19)16-11-7-5-10(15)6-8-11/h5-8,16H,3-4,9H2,1-2H3. The summed E-state index contributed by atoms with van der Waals surface area (Å²) in [5.41, 5.74) is 3.11. The molecule has 4 nitrogen and oxygen atoms in total. The van der Waals surface area contributed by atoms with E-state index in [0.29, 0.717) is 19.3 Å². The van der Waals surface area contributed by atoms with Crippen LogP contribution < -0.4 is 5.43 Å². The molecule has 0 saturated carbocycles. The van der Waals surface area contributed by atoms with Crippen LogP contribution in [0.3, 0.4) is 0 Å². The van der Waals surface area contributed by atoms with Crippen molar-refractivity contribution in [2.75, 3.05) is 5.43 Å². The van der Waals surface area contributed by atoms with E-state index in [-0.39, 0.29) is 11.8 Å². The molecule has 19 heavy (non-hydrogen) atoms. The van der Waals surface area contributed by atoms with Crippen molar-refractivity contribution in [3.63, 3.8) is 0 Å². The highest BCUT2D eigenvalue weighted by molar-refractivity contribution is 9.10. The minimum atomic E-state index is -0.528. The average molecular weight is 325 g/mol. The van der Waals surface area contributed by atoms with Crippen LogP contribution in [0.5, 0.6) is 0 Å². The molecule has 0 spiro atoms. The normalized spacial score (nSPS) is 17.9. The molecule has 0 unspecified atom stereocenters. The van der Waals surface area contributed by atoms with Crippen molar-refractivity contribution >= 4 is 33.4 Å². The summed E-state index contributed by atoms with van der Waals surface area (Å²) in [5, 5.41) is 1.16. The number of nitrogens with one attached hydrogen (secondary N) is 1. The molecule has 0 aromatic heterocycles. The maximum absolute atomic E-state index is 12.4. The quantitative estimate of drug-likeness (QED) is 0.864. The van der Waals surface area contributed by atoms with Crippen molar-refractivity contribution in [2.24, 2.45) is 5.41 Å². The van der Waals surface area contributed by atoms with E-state index in [1.165, 1.54) is 0 Å². The molecule has 1 fully saturated rings. The zero-order chi connectivity index (χ0) is 14.0. The molecular formula is C14H17BrN2O2. The van der Waals surface area contributed by atoms with Crippen LogP contribution in [0.4, 0.5) is 5.69 Å². The number of hydrogen-bond acceptors (Lipinski definition) is 3. The zero-order valence-corrected chi connectivity index (χ0v) is 12.7. The minimum absolute atomic E-state index is 0.120. The highest BCUT2D eigenvalue weighted by Crippen LogP contribution is 2.39. The van der Waals surface area contributed by atoms with Gasteiger partial charge in [-0.3, -0.25) is 15.0 Å². The Kier molecular flexibility index (Phi) is 3.94. The molecule has 2 rings (SSSR count). The van der Waals surface area contributed by atoms with Gasteiger partial charge in [-0.25, -0.2) is 0 Å². The molecule has 1 aromatic rings. The first-order valence-electron chi connectivity index (χ1n) is 6.42. The van der Waals surface area contributed by atoms with Crippen molar-refractivity contribution < 1.29 is 9.59 Å². The first-order valence-corrected chi connectivity index (χ1v) is 7.21. The number of carbonyl (C=O) groups is 2. The third kappa shape index (κ3) is 2.52. The first-order chi connectivity index (χ1) is 9.02. The van der Waals surface area contributed by atoms with E-state index in [1.54, 1.807) is 0 Å². The summed E-state index contributed by atoms with van der Waals surface area (Å²) in [6.07, 6.45) is 1.67. The number of amides is 2. The topological polar surface area (TPSA) is 49.4 Å². The Hall–Kier alpha value is -1.36. The molecule has 0 bridgehead atoms. The lowest BCUT2D eigenvalue weighted by atomic mass is 9.81. The molecule has 5 heteroatoms. The molecule has 0 atom stereocenters. The van der Waals surface area contributed by atoms with Crippen molar-refractivity contribution in [3.8, 4) is 0 Å². The van der Waals surface area contributed by atoms with Crippen LogP contribution >= 0.6 is 15.9 Å². The number of halogens is 1. The zero-order valence-electron chi connectivity index (χ0n) is 11.1. The van der Waals surface area contributed by atoms with Gasteiger partial charge < -0.3 is 0 Å². The monoisotopic (exact) mass is 324 g/mol. The van der Waals surface area contributed by atoms with Gasteiger partial charge in [0, 0.05) is 10.9 Å². The number of carbonyl (C=O) groups excluding carboxylic acids is 2. The Bertz CT molecular complexity index is 495. The molecule has 1 aromatic carbocycles. The van der Waals surface area contributed by atoms with Crippen molar-refractivity contribution in [1.82, 2.24) is 5.01 Å². The molecular weight excluding hydrogens is 308 g/mol. The lowest BCUT2D eigenvalue weighted by Crippen LogP contribution is -2.39. The number of hydrazine groups is 1. The molecule has 1 N–H and O–H groups in total. The van der Waals surface area contributed by atoms with Crippen LogP contribution in [-0.2, 0) is 9.59 Å². The smallest absolute Gasteiger partial charge is 0.254 e. The second-order valence-corrected chi connectivity index (χ2v) is 5.73. The number of anilines is 1. The van der Waals surface area contributed by atoms with Crippen LogP contribution in [0, 0.1) is 5.41 Å². The van der Waals surface area contributed by atoms with E-state index in [9.17, 15) is 9.59 Å². The number of hydrogen-bond donors (Lipinski definition) is 1. The largest absolute Gasteiger partial charge is 0.289 e. The number of rotatable bonds is 4. The van der Waals surface area contributed by atoms with Crippen LogP contribution in [0.2, 0.25) is 0 Å². The van der Waals surface area contributed by atoms with Gasteiger partial charge in [-0.05, 0) is 37.1 Å². The lowest BCUT2D eigenvalue weighted by Gasteiger charge is -2.24. The Labute approximate surface area is 121 Å². The first kappa shape index (κ1) is 14.1. The second kappa shape index (κ2) is 5.33. The van der Waals surface area contributed by atoms with Crippen molar-refractivity contribution in [2.45, 2.75) is 33.1 Å². The van der Waals surface area contributed by atoms with E-state index < -0.39 is 5.41 Å². The summed E-state index contributed by atoms with van der Waals surface area (Å²) in [4.78, 5) is 24.4. The lowest BCUT2D eigenvalue weighted by molar-refractivity contribution is -0.140. The van der Waals surface area contributed by atoms with Gasteiger partial charge in [0.2, 0.25) is 5.91 Å². The van der Waals surface area contributed by atoms with E-state index >= 15 is 0 Å². The van der Waals surface area contributed by atoms with Gasteiger partial charge in [-0.15, -0.1) is 0 Å². The van der Waals surface area contributed by atoms with Gasteiger partial charge in [-0.1, -0.05) is 29.8 Å². The summed E-state index contributed by atoms with van der Waals surface area (Å²) >= 11 is 3.35. The van der Waals surface area contributed by atoms with E-state index in [1.807, 2.05) is 38.1 Å². The maximum atomic E-state index is 12.4. The van der Waals surface area contributed by atoms with Crippen LogP contribution in [0.1, 0.15) is 33.1 Å². The second-order valence-electron chi connectivity index (χ2n) is 4.82. The predicted octanol–water partition coefficient (Wildman–Crippen LogP) is 3.34. The maximum Gasteiger partial charge on any atom is 0.254 e. The number of benzene rings is 1. The molecule has 1 aliphatic heterocycles. The Morgan fingerprint density at radius 1 is 1.21 bits per heavy atom. The van der Waals surface area contributed by atoms with Crippen molar-refractivity contribution in [3.05, 3.63) is 28.7 Å². The summed E-state index contributed by atoms with van der Waals surface area (Å²) in [6, 6.07) is 7.37. The minimum Gasteiger partial charge on any atom is -0.289 e. The highest BCUT2D eigenvalue weighted by atomic mass is 79.9. The van der Waals surface area contributed by atoms with Gasteiger partial charge in [0.05, 0.1) is 11.1 Å². The molecule has 0 radical (unpaired) electrons. The molecule has 0 aliphatic carbocycles. The Balaban J connectivity index is 2.19. The Morgan fingerprint density at radius 2 is 1.79 bits per heavy atom. The van der Waals surface area contributed by atoms with Gasteiger partial charge in [0.15, 0.2) is 0 Å². The molecule has 1 aliphatic rings. The number of imide groups is 1. The number of nitrogens with zero attached hydrogens (tertiary/aromatic N) is 1. The average Bonchev–Trinajstić information content (AvgIpc) is 2.66. The fraction of sp³-hybridized carbons (Fsp3) is 0.429. The van der Waals surface area contributed by atoms with Gasteiger partial charge in [-0.2, -0.15) is 5.01 Å². The van der Waals surface area contributed by atoms with Gasteiger partial charge >= 0.3 is 0 Å².